The van der Waals surface area contributed by atoms with Crippen molar-refractivity contribution in [3.63, 3.8) is 0 Å². The first-order chi connectivity index (χ1) is 13.7. The summed E-state index contributed by atoms with van der Waals surface area (Å²) in [7, 11) is 0. The summed E-state index contributed by atoms with van der Waals surface area (Å²) in [5.74, 6) is 0.545. The van der Waals surface area contributed by atoms with Gasteiger partial charge in [0.15, 0.2) is 5.76 Å². The van der Waals surface area contributed by atoms with Crippen molar-refractivity contribution in [2.45, 2.75) is 0 Å². The lowest BCUT2D eigenvalue weighted by atomic mass is 10.0. The molecule has 1 saturated heterocycles. The van der Waals surface area contributed by atoms with Crippen LogP contribution in [-0.4, -0.2) is 70.3 Å². The minimum absolute atomic E-state index is 0.0429. The van der Waals surface area contributed by atoms with Crippen molar-refractivity contribution in [3.8, 4) is 22.5 Å². The number of amides is 1. The van der Waals surface area contributed by atoms with Crippen molar-refractivity contribution in [1.82, 2.24) is 19.9 Å². The Morgan fingerprint density at radius 1 is 1.21 bits per heavy atom. The second-order valence-electron chi connectivity index (χ2n) is 6.74. The first kappa shape index (κ1) is 18.7. The molecule has 7 nitrogen and oxygen atoms in total. The van der Waals surface area contributed by atoms with E-state index in [1.807, 2.05) is 29.2 Å². The Balaban J connectivity index is 1.51. The van der Waals surface area contributed by atoms with Gasteiger partial charge in [0.2, 0.25) is 0 Å². The Morgan fingerprint density at radius 2 is 2.04 bits per heavy atom. The average molecular weight is 401 g/mol. The molecule has 146 valence electrons. The number of piperazine rings is 1. The van der Waals surface area contributed by atoms with E-state index in [0.29, 0.717) is 36.1 Å². The van der Waals surface area contributed by atoms with Gasteiger partial charge in [0.25, 0.3) is 5.91 Å². The van der Waals surface area contributed by atoms with Crippen LogP contribution in [0.15, 0.2) is 47.2 Å². The summed E-state index contributed by atoms with van der Waals surface area (Å²) in [4.78, 5) is 19.8. The maximum Gasteiger partial charge on any atom is 0.270 e. The third kappa shape index (κ3) is 3.82. The van der Waals surface area contributed by atoms with Gasteiger partial charge in [-0.1, -0.05) is 28.9 Å². The van der Waals surface area contributed by atoms with Crippen LogP contribution < -0.4 is 0 Å². The van der Waals surface area contributed by atoms with E-state index < -0.39 is 0 Å². The quantitative estimate of drug-likeness (QED) is 0.687. The Kier molecular flexibility index (Phi) is 5.47. The first-order valence-electron chi connectivity index (χ1n) is 9.17. The normalized spacial score (nSPS) is 15.1. The van der Waals surface area contributed by atoms with Crippen LogP contribution in [-0.2, 0) is 0 Å². The monoisotopic (exact) mass is 400 g/mol. The Hall–Kier alpha value is -2.61. The zero-order valence-corrected chi connectivity index (χ0v) is 16.0. The number of H-pyrrole nitrogens is 1. The predicted molar refractivity (Wildman–Crippen MR) is 106 cm³/mol. The Bertz CT molecular complexity index is 960. The van der Waals surface area contributed by atoms with Crippen molar-refractivity contribution < 1.29 is 14.4 Å². The number of aromatic nitrogens is 2. The lowest BCUT2D eigenvalue weighted by Gasteiger charge is -2.34. The van der Waals surface area contributed by atoms with E-state index in [-0.39, 0.29) is 12.5 Å². The molecule has 0 radical (unpaired) electrons. The molecule has 0 aliphatic carbocycles. The summed E-state index contributed by atoms with van der Waals surface area (Å²) in [5.41, 5.74) is 2.99. The highest BCUT2D eigenvalue weighted by Crippen LogP contribution is 2.33. The van der Waals surface area contributed by atoms with Gasteiger partial charge in [-0.2, -0.15) is 0 Å². The van der Waals surface area contributed by atoms with Gasteiger partial charge in [0, 0.05) is 55.1 Å². The maximum absolute atomic E-state index is 12.8. The van der Waals surface area contributed by atoms with Gasteiger partial charge >= 0.3 is 0 Å². The molecule has 2 aromatic heterocycles. The minimum Gasteiger partial charge on any atom is -0.395 e. The number of nitrogens with one attached hydrogen (secondary N) is 1. The van der Waals surface area contributed by atoms with Crippen LogP contribution >= 0.6 is 11.6 Å². The molecular formula is C20H21ClN4O3. The zero-order valence-electron chi connectivity index (χ0n) is 15.3. The molecule has 8 heteroatoms. The van der Waals surface area contributed by atoms with E-state index in [4.69, 9.17) is 21.2 Å². The van der Waals surface area contributed by atoms with Gasteiger partial charge in [-0.05, 0) is 23.8 Å². The second kappa shape index (κ2) is 8.18. The molecule has 1 aliphatic heterocycles. The van der Waals surface area contributed by atoms with E-state index in [2.05, 4.69) is 15.0 Å². The van der Waals surface area contributed by atoms with Gasteiger partial charge in [-0.15, -0.1) is 0 Å². The first-order valence-corrected chi connectivity index (χ1v) is 9.55. The van der Waals surface area contributed by atoms with Crippen LogP contribution in [0, 0.1) is 0 Å². The van der Waals surface area contributed by atoms with Crippen molar-refractivity contribution in [2.24, 2.45) is 0 Å². The molecule has 3 aromatic rings. The third-order valence-electron chi connectivity index (χ3n) is 4.96. The number of benzene rings is 1. The fourth-order valence-corrected chi connectivity index (χ4v) is 3.63. The number of aliphatic hydroxyl groups excluding tert-OH is 1. The molecule has 0 bridgehead atoms. The van der Waals surface area contributed by atoms with Crippen molar-refractivity contribution >= 4 is 17.5 Å². The molecule has 0 atom stereocenters. The molecule has 0 saturated carbocycles. The standard InChI is InChI=1S/C20H21ClN4O3/c21-16-3-1-2-14(10-16)17-13-23-28-19(17)15-11-18(22-12-15)20(27)25-6-4-24(5-7-25)8-9-26/h1-3,10-13,22,26H,4-9H2. The fourth-order valence-electron chi connectivity index (χ4n) is 3.44. The van der Waals surface area contributed by atoms with Gasteiger partial charge in [-0.25, -0.2) is 0 Å². The number of nitrogens with zero attached hydrogens (tertiary/aromatic N) is 3. The van der Waals surface area contributed by atoms with Crippen LogP contribution in [0.2, 0.25) is 5.02 Å². The minimum atomic E-state index is -0.0429. The van der Waals surface area contributed by atoms with Crippen LogP contribution in [0.4, 0.5) is 0 Å². The van der Waals surface area contributed by atoms with E-state index in [0.717, 1.165) is 29.8 Å². The van der Waals surface area contributed by atoms with Crippen molar-refractivity contribution in [2.75, 3.05) is 39.3 Å². The van der Waals surface area contributed by atoms with Gasteiger partial charge in [0.05, 0.1) is 12.8 Å². The van der Waals surface area contributed by atoms with E-state index in [9.17, 15) is 4.79 Å². The highest BCUT2D eigenvalue weighted by molar-refractivity contribution is 6.30. The van der Waals surface area contributed by atoms with E-state index >= 15 is 0 Å². The number of carbonyl (C=O) groups excluding carboxylic acids is 1. The molecule has 28 heavy (non-hydrogen) atoms. The topological polar surface area (TPSA) is 85.6 Å². The summed E-state index contributed by atoms with van der Waals surface area (Å²) < 4.78 is 5.46. The highest BCUT2D eigenvalue weighted by atomic mass is 35.5. The fraction of sp³-hybridized carbons (Fsp3) is 0.300. The Labute approximate surface area is 167 Å². The largest absolute Gasteiger partial charge is 0.395 e. The molecule has 3 heterocycles. The number of carbonyl (C=O) groups is 1. The number of aromatic amines is 1. The Morgan fingerprint density at radius 3 is 2.79 bits per heavy atom. The molecule has 1 aromatic carbocycles. The molecule has 2 N–H and O–H groups in total. The molecule has 0 spiro atoms. The lowest BCUT2D eigenvalue weighted by molar-refractivity contribution is 0.0610. The van der Waals surface area contributed by atoms with E-state index in [1.165, 1.54) is 0 Å². The number of β-amino-alcohol motifs (C(OH)–C–C–N with tert-alkyl or cyclic N) is 1. The number of hydrogen-bond acceptors (Lipinski definition) is 5. The van der Waals surface area contributed by atoms with Crippen molar-refractivity contribution in [3.05, 3.63) is 53.4 Å². The summed E-state index contributed by atoms with van der Waals surface area (Å²) in [6.45, 7) is 3.60. The van der Waals surface area contributed by atoms with Gasteiger partial charge < -0.3 is 19.5 Å². The number of halogens is 1. The average Bonchev–Trinajstić information content (AvgIpc) is 3.38. The van der Waals surface area contributed by atoms with Crippen LogP contribution in [0.3, 0.4) is 0 Å². The summed E-state index contributed by atoms with van der Waals surface area (Å²) in [5, 5.41) is 13.6. The third-order valence-corrected chi connectivity index (χ3v) is 5.19. The van der Waals surface area contributed by atoms with Crippen molar-refractivity contribution in [1.29, 1.82) is 0 Å². The number of hydrogen-bond donors (Lipinski definition) is 2. The summed E-state index contributed by atoms with van der Waals surface area (Å²) in [6, 6.07) is 9.26. The highest BCUT2D eigenvalue weighted by Gasteiger charge is 2.24. The molecule has 1 amide bonds. The molecule has 0 unspecified atom stereocenters. The zero-order chi connectivity index (χ0) is 19.5. The summed E-state index contributed by atoms with van der Waals surface area (Å²) in [6.07, 6.45) is 3.40. The van der Waals surface area contributed by atoms with Gasteiger partial charge in [0.1, 0.15) is 5.69 Å². The molecule has 1 aliphatic rings. The van der Waals surface area contributed by atoms with Crippen LogP contribution in [0.25, 0.3) is 22.5 Å². The van der Waals surface area contributed by atoms with E-state index in [1.54, 1.807) is 18.5 Å². The lowest BCUT2D eigenvalue weighted by Crippen LogP contribution is -2.49. The number of aliphatic hydroxyl groups is 1. The predicted octanol–water partition coefficient (Wildman–Crippen LogP) is 2.74. The molecule has 1 fully saturated rings. The van der Waals surface area contributed by atoms with Crippen LogP contribution in [0.5, 0.6) is 0 Å². The SMILES string of the molecule is O=C(c1cc(-c2oncc2-c2cccc(Cl)c2)c[nH]1)N1CCN(CCO)CC1. The van der Waals surface area contributed by atoms with Gasteiger partial charge in [-0.3, -0.25) is 9.69 Å². The second-order valence-corrected chi connectivity index (χ2v) is 7.17. The molecule has 4 rings (SSSR count). The van der Waals surface area contributed by atoms with Crippen LogP contribution in [0.1, 0.15) is 10.5 Å². The molecular weight excluding hydrogens is 380 g/mol. The maximum atomic E-state index is 12.8. The smallest absolute Gasteiger partial charge is 0.270 e. The number of rotatable bonds is 5. The summed E-state index contributed by atoms with van der Waals surface area (Å²) >= 11 is 6.10.